The molecule has 0 heterocycles. The lowest BCUT2D eigenvalue weighted by atomic mass is 9.96. The molecule has 0 bridgehead atoms. The van der Waals surface area contributed by atoms with E-state index in [9.17, 15) is 13.2 Å². The van der Waals surface area contributed by atoms with Gasteiger partial charge in [0.1, 0.15) is 0 Å². The number of nitrogens with one attached hydrogen (secondary N) is 3. The van der Waals surface area contributed by atoms with Gasteiger partial charge in [0.05, 0.1) is 10.8 Å². The zero-order valence-electron chi connectivity index (χ0n) is 20.1. The van der Waals surface area contributed by atoms with E-state index in [-0.39, 0.29) is 27.9 Å². The minimum Gasteiger partial charge on any atom is -0.332 e. The SMILES string of the molecule is CC(C)Cc1ccc(C(C)C(=O)NC(=S)Nc2ccc(S(=O)(=O)NC3CCCCC3)cc2)cc1. The zero-order valence-corrected chi connectivity index (χ0v) is 21.8. The fourth-order valence-corrected chi connectivity index (χ4v) is 5.70. The molecule has 1 aliphatic carbocycles. The molecule has 1 amide bonds. The Kier molecular flexibility index (Phi) is 9.22. The molecule has 1 unspecified atom stereocenters. The molecule has 2 aromatic carbocycles. The second-order valence-electron chi connectivity index (χ2n) is 9.49. The first-order valence-corrected chi connectivity index (χ1v) is 13.9. The second-order valence-corrected chi connectivity index (χ2v) is 11.6. The molecule has 34 heavy (non-hydrogen) atoms. The summed E-state index contributed by atoms with van der Waals surface area (Å²) in [5.41, 5.74) is 2.78. The van der Waals surface area contributed by atoms with E-state index in [1.807, 2.05) is 19.1 Å². The molecule has 0 saturated heterocycles. The lowest BCUT2D eigenvalue weighted by molar-refractivity contribution is -0.120. The monoisotopic (exact) mass is 501 g/mol. The van der Waals surface area contributed by atoms with Gasteiger partial charge in [-0.2, -0.15) is 0 Å². The third kappa shape index (κ3) is 7.61. The van der Waals surface area contributed by atoms with Crippen LogP contribution in [0, 0.1) is 5.92 Å². The van der Waals surface area contributed by atoms with E-state index in [1.165, 1.54) is 12.0 Å². The van der Waals surface area contributed by atoms with E-state index in [2.05, 4.69) is 41.3 Å². The summed E-state index contributed by atoms with van der Waals surface area (Å²) in [6, 6.07) is 14.5. The predicted octanol–water partition coefficient (Wildman–Crippen LogP) is 5.11. The van der Waals surface area contributed by atoms with Gasteiger partial charge in [-0.05, 0) is 79.7 Å². The van der Waals surface area contributed by atoms with Crippen molar-refractivity contribution in [2.24, 2.45) is 5.92 Å². The predicted molar refractivity (Wildman–Crippen MR) is 141 cm³/mol. The largest absolute Gasteiger partial charge is 0.332 e. The Morgan fingerprint density at radius 3 is 2.18 bits per heavy atom. The fraction of sp³-hybridized carbons (Fsp3) is 0.462. The lowest BCUT2D eigenvalue weighted by Gasteiger charge is -2.22. The lowest BCUT2D eigenvalue weighted by Crippen LogP contribution is -2.37. The van der Waals surface area contributed by atoms with Crippen LogP contribution < -0.4 is 15.4 Å². The summed E-state index contributed by atoms with van der Waals surface area (Å²) in [6.45, 7) is 6.20. The number of amides is 1. The average molecular weight is 502 g/mol. The molecule has 6 nitrogen and oxygen atoms in total. The quantitative estimate of drug-likeness (QED) is 0.438. The van der Waals surface area contributed by atoms with Crippen LogP contribution in [-0.4, -0.2) is 25.5 Å². The van der Waals surface area contributed by atoms with Crippen LogP contribution in [-0.2, 0) is 21.2 Å². The fourth-order valence-electron chi connectivity index (χ4n) is 4.17. The summed E-state index contributed by atoms with van der Waals surface area (Å²) >= 11 is 5.29. The van der Waals surface area contributed by atoms with Crippen LogP contribution in [0.25, 0.3) is 0 Å². The zero-order chi connectivity index (χ0) is 24.7. The second kappa shape index (κ2) is 11.9. The van der Waals surface area contributed by atoms with Crippen molar-refractivity contribution >= 4 is 38.9 Å². The van der Waals surface area contributed by atoms with E-state index < -0.39 is 10.0 Å². The molecule has 184 valence electrons. The van der Waals surface area contributed by atoms with Gasteiger partial charge in [-0.15, -0.1) is 0 Å². The molecule has 0 aliphatic heterocycles. The maximum absolute atomic E-state index is 12.7. The molecular weight excluding hydrogens is 466 g/mol. The normalized spacial score (nSPS) is 15.6. The minimum atomic E-state index is -3.56. The highest BCUT2D eigenvalue weighted by molar-refractivity contribution is 7.89. The summed E-state index contributed by atoms with van der Waals surface area (Å²) in [7, 11) is -3.56. The molecule has 8 heteroatoms. The number of rotatable bonds is 8. The van der Waals surface area contributed by atoms with Crippen molar-refractivity contribution in [1.29, 1.82) is 0 Å². The van der Waals surface area contributed by atoms with Crippen LogP contribution in [0.5, 0.6) is 0 Å². The van der Waals surface area contributed by atoms with E-state index in [0.29, 0.717) is 11.6 Å². The highest BCUT2D eigenvalue weighted by Crippen LogP contribution is 2.21. The molecule has 0 aromatic heterocycles. The third-order valence-electron chi connectivity index (χ3n) is 6.10. The molecule has 0 radical (unpaired) electrons. The van der Waals surface area contributed by atoms with Crippen molar-refractivity contribution in [2.75, 3.05) is 5.32 Å². The van der Waals surface area contributed by atoms with Gasteiger partial charge in [0.15, 0.2) is 5.11 Å². The first-order valence-electron chi connectivity index (χ1n) is 12.0. The van der Waals surface area contributed by atoms with Crippen molar-refractivity contribution in [3.63, 3.8) is 0 Å². The number of anilines is 1. The van der Waals surface area contributed by atoms with Gasteiger partial charge >= 0.3 is 0 Å². The van der Waals surface area contributed by atoms with E-state index in [1.54, 1.807) is 24.3 Å². The van der Waals surface area contributed by atoms with Gasteiger partial charge in [0.25, 0.3) is 0 Å². The first-order chi connectivity index (χ1) is 16.1. The molecule has 3 rings (SSSR count). The summed E-state index contributed by atoms with van der Waals surface area (Å²) in [5, 5.41) is 5.85. The van der Waals surface area contributed by atoms with Crippen molar-refractivity contribution in [3.8, 4) is 0 Å². The molecule has 1 atom stereocenters. The molecule has 3 N–H and O–H groups in total. The topological polar surface area (TPSA) is 87.3 Å². The summed E-state index contributed by atoms with van der Waals surface area (Å²) in [6.07, 6.45) is 6.05. The molecule has 1 fully saturated rings. The van der Waals surface area contributed by atoms with E-state index in [0.717, 1.165) is 37.7 Å². The van der Waals surface area contributed by atoms with Gasteiger partial charge in [0, 0.05) is 11.7 Å². The summed E-state index contributed by atoms with van der Waals surface area (Å²) in [4.78, 5) is 12.9. The van der Waals surface area contributed by atoms with E-state index in [4.69, 9.17) is 12.2 Å². The van der Waals surface area contributed by atoms with Crippen LogP contribution in [0.3, 0.4) is 0 Å². The Labute approximate surface area is 209 Å². The minimum absolute atomic E-state index is 0.00717. The molecule has 1 saturated carbocycles. The third-order valence-corrected chi connectivity index (χ3v) is 7.84. The number of sulfonamides is 1. The Balaban J connectivity index is 1.53. The van der Waals surface area contributed by atoms with Crippen LogP contribution in [0.15, 0.2) is 53.4 Å². The van der Waals surface area contributed by atoms with Crippen LogP contribution in [0.1, 0.15) is 69.9 Å². The van der Waals surface area contributed by atoms with Gasteiger partial charge in [0.2, 0.25) is 15.9 Å². The molecule has 0 spiro atoms. The van der Waals surface area contributed by atoms with Crippen molar-refractivity contribution < 1.29 is 13.2 Å². The Morgan fingerprint density at radius 1 is 0.971 bits per heavy atom. The molecule has 1 aliphatic rings. The number of carbonyl (C=O) groups excluding carboxylic acids is 1. The number of thiocarbonyl (C=S) groups is 1. The highest BCUT2D eigenvalue weighted by Gasteiger charge is 2.22. The number of hydrogen-bond donors (Lipinski definition) is 3. The van der Waals surface area contributed by atoms with Gasteiger partial charge in [-0.25, -0.2) is 13.1 Å². The standard InChI is InChI=1S/C26H35N3O3S2/c1-18(2)17-20-9-11-21(12-10-20)19(3)25(30)28-26(33)27-22-13-15-24(16-14-22)34(31,32)29-23-7-5-4-6-8-23/h9-16,18-19,23,29H,4-8,17H2,1-3H3,(H2,27,28,30,33). The van der Waals surface area contributed by atoms with Gasteiger partial charge < -0.3 is 10.6 Å². The van der Waals surface area contributed by atoms with Crippen LogP contribution in [0.2, 0.25) is 0 Å². The first kappa shape index (κ1) is 26.3. The van der Waals surface area contributed by atoms with Crippen LogP contribution in [0.4, 0.5) is 5.69 Å². The number of benzene rings is 2. The highest BCUT2D eigenvalue weighted by atomic mass is 32.2. The Morgan fingerprint density at radius 2 is 1.59 bits per heavy atom. The van der Waals surface area contributed by atoms with Crippen molar-refractivity contribution in [2.45, 2.75) is 76.2 Å². The number of hydrogen-bond acceptors (Lipinski definition) is 4. The van der Waals surface area contributed by atoms with Gasteiger partial charge in [-0.1, -0.05) is 57.4 Å². The molecule has 2 aromatic rings. The maximum atomic E-state index is 12.7. The van der Waals surface area contributed by atoms with Crippen molar-refractivity contribution in [3.05, 3.63) is 59.7 Å². The maximum Gasteiger partial charge on any atom is 0.240 e. The Bertz CT molecular complexity index is 1080. The van der Waals surface area contributed by atoms with E-state index >= 15 is 0 Å². The molecular formula is C26H35N3O3S2. The number of carbonyl (C=O) groups is 1. The smallest absolute Gasteiger partial charge is 0.240 e. The Hall–Kier alpha value is -2.29. The van der Waals surface area contributed by atoms with Crippen LogP contribution >= 0.6 is 12.2 Å². The summed E-state index contributed by atoms with van der Waals surface area (Å²) < 4.78 is 28.1. The van der Waals surface area contributed by atoms with Gasteiger partial charge in [-0.3, -0.25) is 4.79 Å². The van der Waals surface area contributed by atoms with Crippen molar-refractivity contribution in [1.82, 2.24) is 10.0 Å². The average Bonchev–Trinajstić information content (AvgIpc) is 2.79. The summed E-state index contributed by atoms with van der Waals surface area (Å²) in [5.74, 6) is 0.0218.